The van der Waals surface area contributed by atoms with E-state index in [-0.39, 0.29) is 22.9 Å². The van der Waals surface area contributed by atoms with Gasteiger partial charge in [-0.25, -0.2) is 13.1 Å². The average Bonchev–Trinajstić information content (AvgIpc) is 2.77. The monoisotopic (exact) mass is 410 g/mol. The number of sulfonamides is 1. The largest absolute Gasteiger partial charge is 0.497 e. The fraction of sp³-hybridized carbons (Fsp3) is 0.136. The van der Waals surface area contributed by atoms with E-state index in [1.165, 1.54) is 12.1 Å². The summed E-state index contributed by atoms with van der Waals surface area (Å²) in [4.78, 5) is 12.5. The van der Waals surface area contributed by atoms with Gasteiger partial charge in [0.1, 0.15) is 5.75 Å². The Morgan fingerprint density at radius 2 is 1.59 bits per heavy atom. The molecular formula is C22H22N2O4S. The summed E-state index contributed by atoms with van der Waals surface area (Å²) in [6.45, 7) is 0.481. The maximum absolute atomic E-state index is 12.6. The van der Waals surface area contributed by atoms with Crippen molar-refractivity contribution in [2.75, 3.05) is 7.11 Å². The van der Waals surface area contributed by atoms with Gasteiger partial charge in [0.15, 0.2) is 0 Å². The van der Waals surface area contributed by atoms with Crippen LogP contribution >= 0.6 is 0 Å². The zero-order valence-corrected chi connectivity index (χ0v) is 16.8. The Bertz CT molecular complexity index is 1080. The lowest BCUT2D eigenvalue weighted by atomic mass is 10.2. The average molecular weight is 410 g/mol. The molecule has 3 aromatic rings. The van der Waals surface area contributed by atoms with Crippen molar-refractivity contribution < 1.29 is 17.9 Å². The summed E-state index contributed by atoms with van der Waals surface area (Å²) in [5.74, 6) is 0.349. The van der Waals surface area contributed by atoms with Crippen LogP contribution in [0, 0.1) is 0 Å². The van der Waals surface area contributed by atoms with Crippen molar-refractivity contribution >= 4 is 15.9 Å². The molecule has 0 atom stereocenters. The van der Waals surface area contributed by atoms with Crippen LogP contribution < -0.4 is 14.8 Å². The van der Waals surface area contributed by atoms with Crippen LogP contribution in [0.3, 0.4) is 0 Å². The van der Waals surface area contributed by atoms with Crippen molar-refractivity contribution in [3.05, 3.63) is 95.6 Å². The summed E-state index contributed by atoms with van der Waals surface area (Å²) >= 11 is 0. The fourth-order valence-corrected chi connectivity index (χ4v) is 3.79. The van der Waals surface area contributed by atoms with Crippen LogP contribution in [0.5, 0.6) is 5.75 Å². The van der Waals surface area contributed by atoms with Crippen molar-refractivity contribution in [3.63, 3.8) is 0 Å². The first-order valence-electron chi connectivity index (χ1n) is 9.03. The predicted octanol–water partition coefficient (Wildman–Crippen LogP) is 3.10. The molecule has 1 amide bonds. The van der Waals surface area contributed by atoms with Gasteiger partial charge in [-0.3, -0.25) is 4.79 Å². The van der Waals surface area contributed by atoms with E-state index in [4.69, 9.17) is 4.74 Å². The van der Waals surface area contributed by atoms with E-state index < -0.39 is 10.0 Å². The van der Waals surface area contributed by atoms with Crippen molar-refractivity contribution in [2.45, 2.75) is 18.0 Å². The molecule has 0 saturated heterocycles. The molecule has 0 aliphatic rings. The zero-order valence-electron chi connectivity index (χ0n) is 16.0. The molecule has 0 heterocycles. The van der Waals surface area contributed by atoms with Crippen LogP contribution in [-0.2, 0) is 23.1 Å². The van der Waals surface area contributed by atoms with E-state index in [1.54, 1.807) is 19.2 Å². The molecule has 7 heteroatoms. The zero-order chi connectivity index (χ0) is 20.7. The topological polar surface area (TPSA) is 84.5 Å². The molecule has 2 N–H and O–H groups in total. The van der Waals surface area contributed by atoms with Crippen LogP contribution in [0.4, 0.5) is 0 Å². The smallest absolute Gasteiger partial charge is 0.251 e. The van der Waals surface area contributed by atoms with Crippen LogP contribution in [0.15, 0.2) is 83.8 Å². The molecule has 0 fully saturated rings. The van der Waals surface area contributed by atoms with Crippen LogP contribution in [0.25, 0.3) is 0 Å². The van der Waals surface area contributed by atoms with Crippen LogP contribution in [0.1, 0.15) is 21.5 Å². The lowest BCUT2D eigenvalue weighted by Gasteiger charge is -2.10. The van der Waals surface area contributed by atoms with E-state index in [9.17, 15) is 13.2 Å². The second-order valence-electron chi connectivity index (χ2n) is 6.37. The number of carbonyl (C=O) groups is 1. The maximum Gasteiger partial charge on any atom is 0.251 e. The predicted molar refractivity (Wildman–Crippen MR) is 111 cm³/mol. The summed E-state index contributed by atoms with van der Waals surface area (Å²) in [6, 6.07) is 22.6. The Hall–Kier alpha value is -3.16. The SMILES string of the molecule is COc1cccc(CNC(=O)c2cccc(S(=O)(=O)NCc3ccccc3)c2)c1. The number of ether oxygens (including phenoxy) is 1. The van der Waals surface area contributed by atoms with E-state index in [0.29, 0.717) is 12.3 Å². The van der Waals surface area contributed by atoms with Gasteiger partial charge in [-0.2, -0.15) is 0 Å². The number of nitrogens with one attached hydrogen (secondary N) is 2. The van der Waals surface area contributed by atoms with Gasteiger partial charge in [-0.1, -0.05) is 48.5 Å². The molecule has 3 aromatic carbocycles. The highest BCUT2D eigenvalue weighted by molar-refractivity contribution is 7.89. The normalized spacial score (nSPS) is 11.1. The molecule has 150 valence electrons. The van der Waals surface area contributed by atoms with Crippen molar-refractivity contribution in [3.8, 4) is 5.75 Å². The number of carbonyl (C=O) groups excluding carboxylic acids is 1. The summed E-state index contributed by atoms with van der Waals surface area (Å²) in [6.07, 6.45) is 0. The summed E-state index contributed by atoms with van der Waals surface area (Å²) in [7, 11) is -2.16. The Kier molecular flexibility index (Phi) is 6.64. The minimum Gasteiger partial charge on any atom is -0.497 e. The number of hydrogen-bond acceptors (Lipinski definition) is 4. The second-order valence-corrected chi connectivity index (χ2v) is 8.14. The number of amides is 1. The molecular weight excluding hydrogens is 388 g/mol. The molecule has 0 bridgehead atoms. The van der Waals surface area contributed by atoms with Gasteiger partial charge in [0.05, 0.1) is 12.0 Å². The lowest BCUT2D eigenvalue weighted by molar-refractivity contribution is 0.0950. The van der Waals surface area contributed by atoms with Crippen molar-refractivity contribution in [1.82, 2.24) is 10.0 Å². The molecule has 0 aliphatic carbocycles. The van der Waals surface area contributed by atoms with Gasteiger partial charge in [0.2, 0.25) is 10.0 Å². The standard InChI is InChI=1S/C22H22N2O4S/c1-28-20-11-5-9-18(13-20)15-23-22(25)19-10-6-12-21(14-19)29(26,27)24-16-17-7-3-2-4-8-17/h2-14,24H,15-16H2,1H3,(H,23,25). The minimum absolute atomic E-state index is 0.0439. The third-order valence-corrected chi connectivity index (χ3v) is 5.70. The molecule has 0 aliphatic heterocycles. The third-order valence-electron chi connectivity index (χ3n) is 4.30. The lowest BCUT2D eigenvalue weighted by Crippen LogP contribution is -2.25. The van der Waals surface area contributed by atoms with Gasteiger partial charge in [-0.05, 0) is 41.5 Å². The highest BCUT2D eigenvalue weighted by Crippen LogP contribution is 2.14. The Morgan fingerprint density at radius 3 is 2.34 bits per heavy atom. The van der Waals surface area contributed by atoms with E-state index in [1.807, 2.05) is 54.6 Å². The van der Waals surface area contributed by atoms with Gasteiger partial charge in [0, 0.05) is 18.7 Å². The Balaban J connectivity index is 1.66. The third kappa shape index (κ3) is 5.66. The number of methoxy groups -OCH3 is 1. The van der Waals surface area contributed by atoms with Gasteiger partial charge < -0.3 is 10.1 Å². The molecule has 0 unspecified atom stereocenters. The van der Waals surface area contributed by atoms with E-state index in [0.717, 1.165) is 11.1 Å². The Morgan fingerprint density at radius 1 is 0.862 bits per heavy atom. The van der Waals surface area contributed by atoms with E-state index >= 15 is 0 Å². The molecule has 3 rings (SSSR count). The highest BCUT2D eigenvalue weighted by atomic mass is 32.2. The first-order valence-corrected chi connectivity index (χ1v) is 10.5. The maximum atomic E-state index is 12.6. The molecule has 29 heavy (non-hydrogen) atoms. The summed E-state index contributed by atoms with van der Waals surface area (Å²) < 4.78 is 32.9. The summed E-state index contributed by atoms with van der Waals surface area (Å²) in [5.41, 5.74) is 2.00. The van der Waals surface area contributed by atoms with Crippen molar-refractivity contribution in [1.29, 1.82) is 0 Å². The van der Waals surface area contributed by atoms with Gasteiger partial charge >= 0.3 is 0 Å². The minimum atomic E-state index is -3.74. The fourth-order valence-electron chi connectivity index (χ4n) is 2.73. The van der Waals surface area contributed by atoms with Crippen LogP contribution in [0.2, 0.25) is 0 Å². The highest BCUT2D eigenvalue weighted by Gasteiger charge is 2.16. The first kappa shape index (κ1) is 20.6. The number of rotatable bonds is 8. The van der Waals surface area contributed by atoms with Gasteiger partial charge in [0.25, 0.3) is 5.91 Å². The first-order chi connectivity index (χ1) is 14.0. The summed E-state index contributed by atoms with van der Waals surface area (Å²) in [5, 5.41) is 2.79. The quantitative estimate of drug-likeness (QED) is 0.598. The number of hydrogen-bond donors (Lipinski definition) is 2. The molecule has 0 radical (unpaired) electrons. The second kappa shape index (κ2) is 9.36. The number of benzene rings is 3. The molecule has 0 spiro atoms. The molecule has 0 saturated carbocycles. The van der Waals surface area contributed by atoms with Crippen LogP contribution in [-0.4, -0.2) is 21.4 Å². The van der Waals surface area contributed by atoms with E-state index in [2.05, 4.69) is 10.0 Å². The molecule has 0 aromatic heterocycles. The molecule has 6 nitrogen and oxygen atoms in total. The Labute approximate surface area is 170 Å². The van der Waals surface area contributed by atoms with Crippen molar-refractivity contribution in [2.24, 2.45) is 0 Å². The van der Waals surface area contributed by atoms with Gasteiger partial charge in [-0.15, -0.1) is 0 Å².